The standard InChI is InChI=1S/C14H18ClF3N4O2/c1-13(2,3)24-12(23)22-5-4-8(7-22)20-11-19-6-9(15)10(21-11)14(16,17)18/h6,8H,4-5,7H2,1-3H3,(H,19,20,21)/t8-/m0/s1. The minimum atomic E-state index is -4.66. The number of amides is 1. The van der Waals surface area contributed by atoms with E-state index in [9.17, 15) is 18.0 Å². The Morgan fingerprint density at radius 1 is 1.42 bits per heavy atom. The molecule has 0 bridgehead atoms. The number of halogens is 4. The average molecular weight is 367 g/mol. The topological polar surface area (TPSA) is 67.3 Å². The van der Waals surface area contributed by atoms with Crippen LogP contribution in [-0.4, -0.2) is 45.7 Å². The van der Waals surface area contributed by atoms with E-state index in [2.05, 4.69) is 15.3 Å². The summed E-state index contributed by atoms with van der Waals surface area (Å²) in [7, 11) is 0. The molecule has 0 radical (unpaired) electrons. The van der Waals surface area contributed by atoms with Gasteiger partial charge in [0.2, 0.25) is 5.95 Å². The van der Waals surface area contributed by atoms with Crippen LogP contribution in [0.15, 0.2) is 6.20 Å². The van der Waals surface area contributed by atoms with E-state index in [4.69, 9.17) is 16.3 Å². The van der Waals surface area contributed by atoms with E-state index < -0.39 is 28.6 Å². The van der Waals surface area contributed by atoms with Gasteiger partial charge in [0.25, 0.3) is 0 Å². The normalized spacial score (nSPS) is 18.6. The summed E-state index contributed by atoms with van der Waals surface area (Å²) >= 11 is 5.48. The maximum Gasteiger partial charge on any atom is 0.435 e. The molecule has 2 heterocycles. The SMILES string of the molecule is CC(C)(C)OC(=O)N1CC[C@H](Nc2ncc(Cl)c(C(F)(F)F)n2)C1. The van der Waals surface area contributed by atoms with Crippen molar-refractivity contribution in [1.82, 2.24) is 14.9 Å². The van der Waals surface area contributed by atoms with Crippen molar-refractivity contribution in [3.05, 3.63) is 16.9 Å². The fraction of sp³-hybridized carbons (Fsp3) is 0.643. The highest BCUT2D eigenvalue weighted by Crippen LogP contribution is 2.33. The average Bonchev–Trinajstić information content (AvgIpc) is 2.86. The first kappa shape index (κ1) is 18.6. The summed E-state index contributed by atoms with van der Waals surface area (Å²) in [5.41, 5.74) is -1.80. The molecule has 0 aliphatic carbocycles. The first-order valence-corrected chi connectivity index (χ1v) is 7.68. The first-order chi connectivity index (χ1) is 11.0. The van der Waals surface area contributed by atoms with E-state index in [0.717, 1.165) is 6.20 Å². The third-order valence-electron chi connectivity index (χ3n) is 3.19. The number of nitrogens with one attached hydrogen (secondary N) is 1. The summed E-state index contributed by atoms with van der Waals surface area (Å²) in [6.45, 7) is 6.01. The van der Waals surface area contributed by atoms with Crippen molar-refractivity contribution >= 4 is 23.6 Å². The molecule has 0 unspecified atom stereocenters. The molecule has 1 aliphatic heterocycles. The Kier molecular flexibility index (Phi) is 5.12. The minimum absolute atomic E-state index is 0.178. The van der Waals surface area contributed by atoms with Crippen LogP contribution in [0.1, 0.15) is 32.9 Å². The van der Waals surface area contributed by atoms with Crippen molar-refractivity contribution in [3.63, 3.8) is 0 Å². The number of likely N-dealkylation sites (tertiary alicyclic amines) is 1. The number of rotatable bonds is 2. The lowest BCUT2D eigenvalue weighted by molar-refractivity contribution is -0.141. The lowest BCUT2D eigenvalue weighted by Crippen LogP contribution is -2.36. The number of nitrogens with zero attached hydrogens (tertiary/aromatic N) is 3. The molecule has 0 saturated carbocycles. The molecular weight excluding hydrogens is 349 g/mol. The highest BCUT2D eigenvalue weighted by molar-refractivity contribution is 6.31. The van der Waals surface area contributed by atoms with Crippen LogP contribution in [0, 0.1) is 0 Å². The van der Waals surface area contributed by atoms with E-state index in [-0.39, 0.29) is 12.0 Å². The maximum atomic E-state index is 12.8. The summed E-state index contributed by atoms with van der Waals surface area (Å²) in [4.78, 5) is 20.6. The lowest BCUT2D eigenvalue weighted by atomic mass is 10.2. The monoisotopic (exact) mass is 366 g/mol. The number of carbonyl (C=O) groups is 1. The largest absolute Gasteiger partial charge is 0.444 e. The van der Waals surface area contributed by atoms with Gasteiger partial charge in [-0.05, 0) is 27.2 Å². The summed E-state index contributed by atoms with van der Waals surface area (Å²) in [6, 6.07) is -0.264. The molecule has 10 heteroatoms. The van der Waals surface area contributed by atoms with Gasteiger partial charge in [0, 0.05) is 19.1 Å². The predicted molar refractivity (Wildman–Crippen MR) is 81.9 cm³/mol. The molecule has 134 valence electrons. The summed E-state index contributed by atoms with van der Waals surface area (Å²) < 4.78 is 43.6. The van der Waals surface area contributed by atoms with Crippen LogP contribution in [0.25, 0.3) is 0 Å². The van der Waals surface area contributed by atoms with Crippen molar-refractivity contribution < 1.29 is 22.7 Å². The summed E-state index contributed by atoms with van der Waals surface area (Å²) in [6.07, 6.45) is -3.67. The van der Waals surface area contributed by atoms with Gasteiger partial charge in [0.05, 0.1) is 11.2 Å². The molecule has 0 spiro atoms. The highest BCUT2D eigenvalue weighted by Gasteiger charge is 2.36. The fourth-order valence-electron chi connectivity index (χ4n) is 2.19. The van der Waals surface area contributed by atoms with E-state index >= 15 is 0 Å². The first-order valence-electron chi connectivity index (χ1n) is 7.30. The Bertz CT molecular complexity index is 619. The third-order valence-corrected chi connectivity index (χ3v) is 3.46. The van der Waals surface area contributed by atoms with Crippen LogP contribution in [-0.2, 0) is 10.9 Å². The van der Waals surface area contributed by atoms with E-state index in [1.807, 2.05) is 0 Å². The summed E-state index contributed by atoms with van der Waals surface area (Å²) in [5.74, 6) is -0.178. The molecule has 1 aliphatic rings. The van der Waals surface area contributed by atoms with Crippen LogP contribution < -0.4 is 5.32 Å². The molecule has 1 atom stereocenters. The number of hydrogen-bond acceptors (Lipinski definition) is 5. The van der Waals surface area contributed by atoms with Crippen molar-refractivity contribution in [1.29, 1.82) is 0 Å². The fourth-order valence-corrected chi connectivity index (χ4v) is 2.39. The molecule has 2 rings (SSSR count). The van der Waals surface area contributed by atoms with Crippen LogP contribution in [0.2, 0.25) is 5.02 Å². The Morgan fingerprint density at radius 3 is 2.67 bits per heavy atom. The van der Waals surface area contributed by atoms with Crippen LogP contribution >= 0.6 is 11.6 Å². The number of anilines is 1. The molecule has 1 aromatic heterocycles. The van der Waals surface area contributed by atoms with Gasteiger partial charge in [0.1, 0.15) is 5.60 Å². The highest BCUT2D eigenvalue weighted by atomic mass is 35.5. The smallest absolute Gasteiger partial charge is 0.435 e. The Labute approximate surface area is 142 Å². The third kappa shape index (κ3) is 4.86. The second kappa shape index (κ2) is 6.62. The van der Waals surface area contributed by atoms with Crippen molar-refractivity contribution in [2.75, 3.05) is 18.4 Å². The van der Waals surface area contributed by atoms with Gasteiger partial charge < -0.3 is 15.0 Å². The number of hydrogen-bond donors (Lipinski definition) is 1. The zero-order valence-electron chi connectivity index (χ0n) is 13.4. The molecule has 0 aromatic carbocycles. The lowest BCUT2D eigenvalue weighted by Gasteiger charge is -2.24. The second-order valence-corrected chi connectivity index (χ2v) is 6.85. The quantitative estimate of drug-likeness (QED) is 0.866. The van der Waals surface area contributed by atoms with Crippen LogP contribution in [0.4, 0.5) is 23.9 Å². The zero-order valence-corrected chi connectivity index (χ0v) is 14.2. The van der Waals surface area contributed by atoms with E-state index in [1.165, 1.54) is 4.90 Å². The number of alkyl halides is 3. The van der Waals surface area contributed by atoms with Gasteiger partial charge in [-0.15, -0.1) is 0 Å². The number of ether oxygens (including phenoxy) is 1. The predicted octanol–water partition coefficient (Wildman–Crippen LogP) is 3.57. The zero-order chi connectivity index (χ0) is 18.1. The minimum Gasteiger partial charge on any atom is -0.444 e. The Hall–Kier alpha value is -1.77. The molecule has 1 fully saturated rings. The number of aromatic nitrogens is 2. The van der Waals surface area contributed by atoms with Gasteiger partial charge in [-0.1, -0.05) is 11.6 Å². The second-order valence-electron chi connectivity index (χ2n) is 6.44. The van der Waals surface area contributed by atoms with Gasteiger partial charge in [-0.3, -0.25) is 0 Å². The van der Waals surface area contributed by atoms with Crippen molar-refractivity contribution in [3.8, 4) is 0 Å². The Balaban J connectivity index is 2.00. The van der Waals surface area contributed by atoms with Gasteiger partial charge in [-0.2, -0.15) is 13.2 Å². The van der Waals surface area contributed by atoms with Crippen molar-refractivity contribution in [2.24, 2.45) is 0 Å². The molecular formula is C14H18ClF3N4O2. The molecule has 1 N–H and O–H groups in total. The number of carbonyl (C=O) groups excluding carboxylic acids is 1. The maximum absolute atomic E-state index is 12.8. The summed E-state index contributed by atoms with van der Waals surface area (Å²) in [5, 5.41) is 2.24. The molecule has 6 nitrogen and oxygen atoms in total. The van der Waals surface area contributed by atoms with Gasteiger partial charge >= 0.3 is 12.3 Å². The molecule has 24 heavy (non-hydrogen) atoms. The van der Waals surface area contributed by atoms with E-state index in [1.54, 1.807) is 20.8 Å². The Morgan fingerprint density at radius 2 is 2.08 bits per heavy atom. The molecule has 1 amide bonds. The van der Waals surface area contributed by atoms with Crippen molar-refractivity contribution in [2.45, 2.75) is 45.0 Å². The van der Waals surface area contributed by atoms with Crippen LogP contribution in [0.3, 0.4) is 0 Å². The van der Waals surface area contributed by atoms with Gasteiger partial charge in [-0.25, -0.2) is 14.8 Å². The van der Waals surface area contributed by atoms with Gasteiger partial charge in [0.15, 0.2) is 5.69 Å². The van der Waals surface area contributed by atoms with Crippen LogP contribution in [0.5, 0.6) is 0 Å². The van der Waals surface area contributed by atoms with E-state index in [0.29, 0.717) is 19.5 Å². The molecule has 1 saturated heterocycles. The molecule has 1 aromatic rings.